The molecule has 0 radical (unpaired) electrons. The van der Waals surface area contributed by atoms with Crippen LogP contribution in [0.5, 0.6) is 0 Å². The summed E-state index contributed by atoms with van der Waals surface area (Å²) in [5.41, 5.74) is 0. The molecule has 0 saturated carbocycles. The Balaban J connectivity index is 3.59. The van der Waals surface area contributed by atoms with E-state index in [4.69, 9.17) is 5.11 Å². The van der Waals surface area contributed by atoms with Crippen LogP contribution in [0.25, 0.3) is 0 Å². The second kappa shape index (κ2) is 6.41. The Morgan fingerprint density at radius 3 is 2.46 bits per heavy atom. The molecule has 0 aromatic rings. The van der Waals surface area contributed by atoms with Crippen molar-refractivity contribution in [2.45, 2.75) is 56.7 Å². The molecule has 0 rings (SSSR count). The molecule has 1 atom stereocenters. The molecule has 0 heterocycles. The van der Waals surface area contributed by atoms with Crippen molar-refractivity contribution in [1.29, 1.82) is 0 Å². The molecule has 0 aliphatic rings. The van der Waals surface area contributed by atoms with E-state index in [2.05, 4.69) is 29.8 Å². The lowest BCUT2D eigenvalue weighted by atomic mass is 9.98. The maximum Gasteiger partial charge on any atom is 0.303 e. The summed E-state index contributed by atoms with van der Waals surface area (Å²) in [5, 5.41) is 8.53. The van der Waals surface area contributed by atoms with Gasteiger partial charge in [0.05, 0.1) is 0 Å². The monoisotopic (exact) mass is 250 g/mol. The van der Waals surface area contributed by atoms with E-state index in [0.717, 1.165) is 6.42 Å². The topological polar surface area (TPSA) is 37.3 Å². The highest BCUT2D eigenvalue weighted by molar-refractivity contribution is 9.10. The van der Waals surface area contributed by atoms with Gasteiger partial charge >= 0.3 is 5.97 Å². The zero-order valence-electron chi connectivity index (χ0n) is 8.48. The van der Waals surface area contributed by atoms with Gasteiger partial charge < -0.3 is 5.11 Å². The van der Waals surface area contributed by atoms with Crippen LogP contribution in [0.2, 0.25) is 0 Å². The average Bonchev–Trinajstić information content (AvgIpc) is 2.02. The van der Waals surface area contributed by atoms with Gasteiger partial charge in [-0.1, -0.05) is 42.1 Å². The largest absolute Gasteiger partial charge is 0.481 e. The van der Waals surface area contributed by atoms with Gasteiger partial charge in [-0.2, -0.15) is 0 Å². The molecular weight excluding hydrogens is 232 g/mol. The first kappa shape index (κ1) is 12.9. The van der Waals surface area contributed by atoms with Gasteiger partial charge in [0.15, 0.2) is 0 Å². The Kier molecular flexibility index (Phi) is 6.39. The summed E-state index contributed by atoms with van der Waals surface area (Å²) in [6.45, 7) is 4.24. The zero-order valence-corrected chi connectivity index (χ0v) is 10.1. The maximum absolute atomic E-state index is 10.4. The van der Waals surface area contributed by atoms with Crippen molar-refractivity contribution in [2.24, 2.45) is 0 Å². The fraction of sp³-hybridized carbons (Fsp3) is 0.900. The SMILES string of the molecule is CCCCCC(C)(Br)CCC(=O)O. The Hall–Kier alpha value is -0.0500. The summed E-state index contributed by atoms with van der Waals surface area (Å²) in [6, 6.07) is 0. The van der Waals surface area contributed by atoms with Crippen LogP contribution in [0.15, 0.2) is 0 Å². The highest BCUT2D eigenvalue weighted by Gasteiger charge is 2.20. The second-order valence-electron chi connectivity index (χ2n) is 3.76. The first-order valence-electron chi connectivity index (χ1n) is 4.88. The van der Waals surface area contributed by atoms with Gasteiger partial charge in [0.1, 0.15) is 0 Å². The first-order valence-corrected chi connectivity index (χ1v) is 5.68. The predicted octanol–water partition coefficient (Wildman–Crippen LogP) is 3.59. The minimum absolute atomic E-state index is 0.0144. The van der Waals surface area contributed by atoms with Crippen molar-refractivity contribution in [3.05, 3.63) is 0 Å². The fourth-order valence-electron chi connectivity index (χ4n) is 1.24. The lowest BCUT2D eigenvalue weighted by Gasteiger charge is -2.21. The van der Waals surface area contributed by atoms with Crippen LogP contribution in [-0.2, 0) is 4.79 Å². The zero-order chi connectivity index (χ0) is 10.3. The number of carboxylic acids is 1. The Labute approximate surface area is 88.8 Å². The lowest BCUT2D eigenvalue weighted by Crippen LogP contribution is -2.17. The number of halogens is 1. The highest BCUT2D eigenvalue weighted by Crippen LogP contribution is 2.29. The third kappa shape index (κ3) is 8.28. The normalized spacial score (nSPS) is 15.3. The molecule has 2 nitrogen and oxygen atoms in total. The van der Waals surface area contributed by atoms with Crippen molar-refractivity contribution >= 4 is 21.9 Å². The third-order valence-corrected chi connectivity index (χ3v) is 2.95. The summed E-state index contributed by atoms with van der Waals surface area (Å²) in [4.78, 5) is 10.4. The number of carboxylic acid groups (broad SMARTS) is 1. The van der Waals surface area contributed by atoms with Crippen LogP contribution >= 0.6 is 15.9 Å². The number of aliphatic carboxylic acids is 1. The highest BCUT2D eigenvalue weighted by atomic mass is 79.9. The fourth-order valence-corrected chi connectivity index (χ4v) is 1.71. The molecule has 0 aromatic carbocycles. The molecule has 0 saturated heterocycles. The molecule has 0 amide bonds. The van der Waals surface area contributed by atoms with E-state index >= 15 is 0 Å². The van der Waals surface area contributed by atoms with Crippen molar-refractivity contribution < 1.29 is 9.90 Å². The quantitative estimate of drug-likeness (QED) is 0.554. The summed E-state index contributed by atoms with van der Waals surface area (Å²) in [6.07, 6.45) is 5.65. The van der Waals surface area contributed by atoms with Crippen LogP contribution < -0.4 is 0 Å². The predicted molar refractivity (Wildman–Crippen MR) is 58.3 cm³/mol. The van der Waals surface area contributed by atoms with Crippen molar-refractivity contribution in [3.8, 4) is 0 Å². The summed E-state index contributed by atoms with van der Waals surface area (Å²) in [5.74, 6) is -0.707. The molecule has 13 heavy (non-hydrogen) atoms. The molecule has 0 bridgehead atoms. The maximum atomic E-state index is 10.4. The first-order chi connectivity index (χ1) is 5.98. The molecule has 1 unspecified atom stereocenters. The third-order valence-electron chi connectivity index (χ3n) is 2.16. The van der Waals surface area contributed by atoms with E-state index in [1.807, 2.05) is 0 Å². The number of unbranched alkanes of at least 4 members (excludes halogenated alkanes) is 2. The standard InChI is InChI=1S/C10H19BrO2/c1-3-4-5-7-10(2,11)8-6-9(12)13/h3-8H2,1-2H3,(H,12,13). The Morgan fingerprint density at radius 1 is 1.38 bits per heavy atom. The van der Waals surface area contributed by atoms with Crippen LogP contribution in [-0.4, -0.2) is 15.4 Å². The molecular formula is C10H19BrO2. The van der Waals surface area contributed by atoms with E-state index in [-0.39, 0.29) is 10.7 Å². The summed E-state index contributed by atoms with van der Waals surface area (Å²) in [7, 11) is 0. The van der Waals surface area contributed by atoms with E-state index in [1.165, 1.54) is 19.3 Å². The van der Waals surface area contributed by atoms with E-state index in [1.54, 1.807) is 0 Å². The van der Waals surface area contributed by atoms with E-state index in [9.17, 15) is 4.79 Å². The van der Waals surface area contributed by atoms with Crippen LogP contribution in [0.1, 0.15) is 52.4 Å². The smallest absolute Gasteiger partial charge is 0.303 e. The number of alkyl halides is 1. The molecule has 0 aliphatic carbocycles. The van der Waals surface area contributed by atoms with Crippen molar-refractivity contribution in [3.63, 3.8) is 0 Å². The van der Waals surface area contributed by atoms with Crippen LogP contribution in [0.3, 0.4) is 0 Å². The van der Waals surface area contributed by atoms with Gasteiger partial charge in [-0.15, -0.1) is 0 Å². The van der Waals surface area contributed by atoms with Crippen LogP contribution in [0.4, 0.5) is 0 Å². The average molecular weight is 251 g/mol. The van der Waals surface area contributed by atoms with Crippen molar-refractivity contribution in [1.82, 2.24) is 0 Å². The molecule has 0 spiro atoms. The minimum atomic E-state index is -0.707. The molecule has 0 aromatic heterocycles. The van der Waals surface area contributed by atoms with Gasteiger partial charge in [0, 0.05) is 10.7 Å². The number of hydrogen-bond acceptors (Lipinski definition) is 1. The molecule has 0 fully saturated rings. The summed E-state index contributed by atoms with van der Waals surface area (Å²) < 4.78 is 0.0144. The molecule has 0 aliphatic heterocycles. The number of rotatable bonds is 7. The van der Waals surface area contributed by atoms with Gasteiger partial charge in [-0.3, -0.25) is 4.79 Å². The molecule has 78 valence electrons. The lowest BCUT2D eigenvalue weighted by molar-refractivity contribution is -0.137. The Morgan fingerprint density at radius 2 is 2.00 bits per heavy atom. The second-order valence-corrected chi connectivity index (χ2v) is 5.68. The molecule has 3 heteroatoms. The molecule has 1 N–H and O–H groups in total. The summed E-state index contributed by atoms with van der Waals surface area (Å²) >= 11 is 3.58. The van der Waals surface area contributed by atoms with Gasteiger partial charge in [-0.25, -0.2) is 0 Å². The van der Waals surface area contributed by atoms with E-state index in [0.29, 0.717) is 6.42 Å². The van der Waals surface area contributed by atoms with Gasteiger partial charge in [0.25, 0.3) is 0 Å². The van der Waals surface area contributed by atoms with Crippen LogP contribution in [0, 0.1) is 0 Å². The van der Waals surface area contributed by atoms with Crippen molar-refractivity contribution in [2.75, 3.05) is 0 Å². The van der Waals surface area contributed by atoms with E-state index < -0.39 is 5.97 Å². The van der Waals surface area contributed by atoms with Gasteiger partial charge in [-0.05, 0) is 19.8 Å². The Bertz CT molecular complexity index is 155. The number of hydrogen-bond donors (Lipinski definition) is 1. The number of carbonyl (C=O) groups is 1. The van der Waals surface area contributed by atoms with Gasteiger partial charge in [0.2, 0.25) is 0 Å². The minimum Gasteiger partial charge on any atom is -0.481 e.